The molecule has 2 aromatic rings. The van der Waals surface area contributed by atoms with E-state index in [4.69, 9.17) is 9.73 Å². The van der Waals surface area contributed by atoms with E-state index in [2.05, 4.69) is 65.7 Å². The number of morpholine rings is 1. The summed E-state index contributed by atoms with van der Waals surface area (Å²) in [4.78, 5) is 7.31. The van der Waals surface area contributed by atoms with Crippen LogP contribution in [-0.2, 0) is 11.3 Å². The molecule has 0 radical (unpaired) electrons. The van der Waals surface area contributed by atoms with Crippen molar-refractivity contribution in [1.29, 1.82) is 0 Å². The van der Waals surface area contributed by atoms with Gasteiger partial charge in [-0.1, -0.05) is 26.0 Å². The van der Waals surface area contributed by atoms with Gasteiger partial charge in [-0.05, 0) is 36.6 Å². The van der Waals surface area contributed by atoms with Gasteiger partial charge in [0.1, 0.15) is 0 Å². The average Bonchev–Trinajstić information content (AvgIpc) is 3.28. The number of hydrogen-bond donors (Lipinski definition) is 2. The standard InChI is InChI=1S/C22H34N6O/c1-4-23-22(25-17-21(18(2)3)27-12-14-29-15-13-27)24-16-19-6-8-20(9-7-19)28-11-5-10-26-28/h5-11,18,21H,4,12-17H2,1-3H3,(H2,23,24,25). The molecule has 1 atom stereocenters. The summed E-state index contributed by atoms with van der Waals surface area (Å²) in [6, 6.07) is 10.8. The van der Waals surface area contributed by atoms with E-state index in [0.29, 0.717) is 18.5 Å². The van der Waals surface area contributed by atoms with Crippen molar-refractivity contribution in [1.82, 2.24) is 25.3 Å². The van der Waals surface area contributed by atoms with Gasteiger partial charge in [-0.15, -0.1) is 0 Å². The molecule has 1 aliphatic rings. The molecule has 2 heterocycles. The summed E-state index contributed by atoms with van der Waals surface area (Å²) in [5.74, 6) is 1.43. The van der Waals surface area contributed by atoms with E-state index in [1.54, 1.807) is 6.20 Å². The monoisotopic (exact) mass is 398 g/mol. The molecule has 0 spiro atoms. The molecule has 1 saturated heterocycles. The highest BCUT2D eigenvalue weighted by atomic mass is 16.5. The molecule has 0 bridgehead atoms. The molecule has 158 valence electrons. The molecule has 1 aromatic carbocycles. The summed E-state index contributed by atoms with van der Waals surface area (Å²) in [6.45, 7) is 12.7. The SMILES string of the molecule is CCNC(=NCc1ccc(-n2cccn2)cc1)NCC(C(C)C)N1CCOCC1. The fourth-order valence-corrected chi connectivity index (χ4v) is 3.58. The van der Waals surface area contributed by atoms with Crippen LogP contribution >= 0.6 is 0 Å². The highest BCUT2D eigenvalue weighted by molar-refractivity contribution is 5.79. The molecule has 0 saturated carbocycles. The smallest absolute Gasteiger partial charge is 0.191 e. The first-order chi connectivity index (χ1) is 14.2. The first-order valence-electron chi connectivity index (χ1n) is 10.6. The summed E-state index contributed by atoms with van der Waals surface area (Å²) in [5.41, 5.74) is 2.23. The van der Waals surface area contributed by atoms with Gasteiger partial charge in [-0.2, -0.15) is 5.10 Å². The fourth-order valence-electron chi connectivity index (χ4n) is 3.58. The van der Waals surface area contributed by atoms with Crippen LogP contribution in [0.2, 0.25) is 0 Å². The zero-order valence-electron chi connectivity index (χ0n) is 17.8. The van der Waals surface area contributed by atoms with Crippen LogP contribution in [0.5, 0.6) is 0 Å². The van der Waals surface area contributed by atoms with E-state index in [-0.39, 0.29) is 0 Å². The molecule has 1 aromatic heterocycles. The molecule has 1 fully saturated rings. The van der Waals surface area contributed by atoms with Crippen LogP contribution in [-0.4, -0.2) is 66.1 Å². The van der Waals surface area contributed by atoms with E-state index in [9.17, 15) is 0 Å². The zero-order chi connectivity index (χ0) is 20.5. The highest BCUT2D eigenvalue weighted by Crippen LogP contribution is 2.12. The summed E-state index contributed by atoms with van der Waals surface area (Å²) < 4.78 is 7.37. The number of aromatic nitrogens is 2. The molecule has 1 aliphatic heterocycles. The lowest BCUT2D eigenvalue weighted by molar-refractivity contribution is 0.00752. The largest absolute Gasteiger partial charge is 0.379 e. The quantitative estimate of drug-likeness (QED) is 0.528. The number of benzene rings is 1. The number of rotatable bonds is 8. The minimum atomic E-state index is 0.469. The Hall–Kier alpha value is -2.38. The Labute approximate surface area is 174 Å². The molecule has 0 amide bonds. The maximum absolute atomic E-state index is 5.51. The van der Waals surface area contributed by atoms with Crippen LogP contribution in [0.3, 0.4) is 0 Å². The third kappa shape index (κ3) is 6.30. The van der Waals surface area contributed by atoms with Crippen molar-refractivity contribution < 1.29 is 4.74 Å². The van der Waals surface area contributed by atoms with E-state index < -0.39 is 0 Å². The minimum absolute atomic E-state index is 0.469. The van der Waals surface area contributed by atoms with Crippen molar-refractivity contribution in [3.8, 4) is 5.69 Å². The van der Waals surface area contributed by atoms with Crippen molar-refractivity contribution in [3.63, 3.8) is 0 Å². The van der Waals surface area contributed by atoms with E-state index in [1.807, 2.05) is 16.9 Å². The van der Waals surface area contributed by atoms with Gasteiger partial charge >= 0.3 is 0 Å². The molecule has 1 unspecified atom stereocenters. The van der Waals surface area contributed by atoms with Crippen molar-refractivity contribution in [3.05, 3.63) is 48.3 Å². The highest BCUT2D eigenvalue weighted by Gasteiger charge is 2.23. The molecular weight excluding hydrogens is 364 g/mol. The van der Waals surface area contributed by atoms with Gasteiger partial charge < -0.3 is 15.4 Å². The van der Waals surface area contributed by atoms with Crippen LogP contribution < -0.4 is 10.6 Å². The Morgan fingerprint density at radius 1 is 1.17 bits per heavy atom. The maximum atomic E-state index is 5.51. The number of nitrogens with zero attached hydrogens (tertiary/aromatic N) is 4. The van der Waals surface area contributed by atoms with Crippen molar-refractivity contribution in [2.24, 2.45) is 10.9 Å². The average molecular weight is 399 g/mol. The molecule has 7 heteroatoms. The number of nitrogens with one attached hydrogen (secondary N) is 2. The van der Waals surface area contributed by atoms with E-state index in [1.165, 1.54) is 5.56 Å². The molecule has 0 aliphatic carbocycles. The normalized spacial score (nSPS) is 16.8. The van der Waals surface area contributed by atoms with Gasteiger partial charge in [0.25, 0.3) is 0 Å². The Balaban J connectivity index is 1.58. The predicted octanol–water partition coefficient (Wildman–Crippen LogP) is 2.28. The number of aliphatic imine (C=N–C) groups is 1. The minimum Gasteiger partial charge on any atom is -0.379 e. The van der Waals surface area contributed by atoms with Gasteiger partial charge in [0.15, 0.2) is 5.96 Å². The van der Waals surface area contributed by atoms with Crippen molar-refractivity contribution >= 4 is 5.96 Å². The van der Waals surface area contributed by atoms with Crippen LogP contribution in [0.15, 0.2) is 47.7 Å². The zero-order valence-corrected chi connectivity index (χ0v) is 17.8. The lowest BCUT2D eigenvalue weighted by atomic mass is 10.0. The topological polar surface area (TPSA) is 66.7 Å². The van der Waals surface area contributed by atoms with Crippen LogP contribution in [0.1, 0.15) is 26.3 Å². The van der Waals surface area contributed by atoms with Gasteiger partial charge in [-0.25, -0.2) is 9.67 Å². The summed E-state index contributed by atoms with van der Waals surface area (Å²) in [6.07, 6.45) is 3.73. The van der Waals surface area contributed by atoms with Crippen molar-refractivity contribution in [2.45, 2.75) is 33.4 Å². The maximum Gasteiger partial charge on any atom is 0.191 e. The second-order valence-electron chi connectivity index (χ2n) is 7.65. The lowest BCUT2D eigenvalue weighted by Crippen LogP contribution is -2.52. The van der Waals surface area contributed by atoms with E-state index >= 15 is 0 Å². The Morgan fingerprint density at radius 3 is 2.55 bits per heavy atom. The third-order valence-corrected chi connectivity index (χ3v) is 5.23. The Bertz CT molecular complexity index is 735. The van der Waals surface area contributed by atoms with Gasteiger partial charge in [-0.3, -0.25) is 4.90 Å². The second kappa shape index (κ2) is 11.0. The second-order valence-corrected chi connectivity index (χ2v) is 7.65. The summed E-state index contributed by atoms with van der Waals surface area (Å²) >= 11 is 0. The first kappa shape index (κ1) is 21.3. The molecule has 7 nitrogen and oxygen atoms in total. The van der Waals surface area contributed by atoms with Gasteiger partial charge in [0.2, 0.25) is 0 Å². The molecule has 29 heavy (non-hydrogen) atoms. The molecule has 3 rings (SSSR count). The number of hydrogen-bond acceptors (Lipinski definition) is 4. The Morgan fingerprint density at radius 2 is 1.93 bits per heavy atom. The third-order valence-electron chi connectivity index (χ3n) is 5.23. The molecular formula is C22H34N6O. The van der Waals surface area contributed by atoms with Gasteiger partial charge in [0, 0.05) is 44.6 Å². The lowest BCUT2D eigenvalue weighted by Gasteiger charge is -2.37. The summed E-state index contributed by atoms with van der Waals surface area (Å²) in [7, 11) is 0. The number of guanidine groups is 1. The molecule has 2 N–H and O–H groups in total. The van der Waals surface area contributed by atoms with Crippen LogP contribution in [0.25, 0.3) is 5.69 Å². The Kier molecular flexibility index (Phi) is 8.07. The van der Waals surface area contributed by atoms with E-state index in [0.717, 1.165) is 51.0 Å². The summed E-state index contributed by atoms with van der Waals surface area (Å²) in [5, 5.41) is 11.2. The first-order valence-corrected chi connectivity index (χ1v) is 10.6. The fraction of sp³-hybridized carbons (Fsp3) is 0.545. The van der Waals surface area contributed by atoms with Crippen LogP contribution in [0, 0.1) is 5.92 Å². The number of ether oxygens (including phenoxy) is 1. The van der Waals surface area contributed by atoms with Crippen molar-refractivity contribution in [2.75, 3.05) is 39.4 Å². The van der Waals surface area contributed by atoms with Gasteiger partial charge in [0.05, 0.1) is 25.4 Å². The predicted molar refractivity (Wildman–Crippen MR) is 117 cm³/mol. The van der Waals surface area contributed by atoms with Crippen LogP contribution in [0.4, 0.5) is 0 Å².